The number of aromatic nitrogens is 2. The molecule has 1 aliphatic carbocycles. The van der Waals surface area contributed by atoms with E-state index < -0.39 is 0 Å². The lowest BCUT2D eigenvalue weighted by Crippen LogP contribution is -2.16. The van der Waals surface area contributed by atoms with Crippen LogP contribution in [0, 0.1) is 6.92 Å². The van der Waals surface area contributed by atoms with Gasteiger partial charge in [0.25, 0.3) is 0 Å². The van der Waals surface area contributed by atoms with Gasteiger partial charge in [-0.05, 0) is 26.2 Å². The fraction of sp³-hybridized carbons (Fsp3) is 0.750. The topological polar surface area (TPSA) is 39.1 Å². The van der Waals surface area contributed by atoms with Gasteiger partial charge in [-0.15, -0.1) is 0 Å². The molecule has 4 nitrogen and oxygen atoms in total. The predicted molar refractivity (Wildman–Crippen MR) is 63.3 cm³/mol. The van der Waals surface area contributed by atoms with Crippen LogP contribution in [-0.4, -0.2) is 29.5 Å². The van der Waals surface area contributed by atoms with Crippen LogP contribution in [-0.2, 0) is 17.8 Å². The van der Waals surface area contributed by atoms with E-state index >= 15 is 0 Å². The van der Waals surface area contributed by atoms with Gasteiger partial charge in [-0.2, -0.15) is 5.10 Å². The van der Waals surface area contributed by atoms with Crippen molar-refractivity contribution in [1.82, 2.24) is 15.1 Å². The highest BCUT2D eigenvalue weighted by Gasteiger charge is 2.20. The lowest BCUT2D eigenvalue weighted by molar-refractivity contribution is 0.188. The minimum absolute atomic E-state index is 0.760. The Kier molecular flexibility index (Phi) is 3.96. The molecule has 0 unspecified atom stereocenters. The molecule has 4 heteroatoms. The van der Waals surface area contributed by atoms with E-state index in [1.807, 2.05) is 6.20 Å². The smallest absolute Gasteiger partial charge is 0.0537 e. The SMILES string of the molecule is COCCCn1ncc(CNC2CC2)c1C. The number of nitrogens with one attached hydrogen (secondary N) is 1. The lowest BCUT2D eigenvalue weighted by Gasteiger charge is -2.05. The number of rotatable bonds is 7. The first-order chi connectivity index (χ1) is 7.81. The Morgan fingerprint density at radius 2 is 2.38 bits per heavy atom. The maximum absolute atomic E-state index is 5.04. The van der Waals surface area contributed by atoms with Crippen molar-refractivity contribution < 1.29 is 4.74 Å². The van der Waals surface area contributed by atoms with Gasteiger partial charge in [0.2, 0.25) is 0 Å². The second-order valence-electron chi connectivity index (χ2n) is 4.48. The summed E-state index contributed by atoms with van der Waals surface area (Å²) in [6.45, 7) is 4.85. The summed E-state index contributed by atoms with van der Waals surface area (Å²) in [5.41, 5.74) is 2.61. The molecule has 0 saturated heterocycles. The Labute approximate surface area is 97.0 Å². The highest BCUT2D eigenvalue weighted by molar-refractivity contribution is 5.16. The van der Waals surface area contributed by atoms with Crippen LogP contribution in [0.2, 0.25) is 0 Å². The molecule has 1 N–H and O–H groups in total. The fourth-order valence-electron chi connectivity index (χ4n) is 1.78. The van der Waals surface area contributed by atoms with Crippen molar-refractivity contribution in [2.24, 2.45) is 0 Å². The Bertz CT molecular complexity index is 331. The first-order valence-electron chi connectivity index (χ1n) is 6.05. The van der Waals surface area contributed by atoms with Crippen LogP contribution >= 0.6 is 0 Å². The molecule has 1 fully saturated rings. The zero-order chi connectivity index (χ0) is 11.4. The maximum atomic E-state index is 5.04. The van der Waals surface area contributed by atoms with Crippen LogP contribution in [0.25, 0.3) is 0 Å². The molecule has 0 aromatic carbocycles. The summed E-state index contributed by atoms with van der Waals surface area (Å²) in [5, 5.41) is 7.92. The van der Waals surface area contributed by atoms with E-state index in [2.05, 4.69) is 22.0 Å². The molecular formula is C12H21N3O. The molecule has 0 bridgehead atoms. The molecule has 0 atom stereocenters. The Hall–Kier alpha value is -0.870. The quantitative estimate of drug-likeness (QED) is 0.712. The van der Waals surface area contributed by atoms with Crippen LogP contribution in [0.15, 0.2) is 6.20 Å². The third-order valence-electron chi connectivity index (χ3n) is 3.08. The molecule has 0 radical (unpaired) electrons. The van der Waals surface area contributed by atoms with Gasteiger partial charge in [-0.25, -0.2) is 0 Å². The third kappa shape index (κ3) is 3.06. The van der Waals surface area contributed by atoms with Crippen LogP contribution in [0.3, 0.4) is 0 Å². The van der Waals surface area contributed by atoms with E-state index in [0.717, 1.165) is 32.2 Å². The second kappa shape index (κ2) is 5.46. The Morgan fingerprint density at radius 3 is 3.06 bits per heavy atom. The number of hydrogen-bond acceptors (Lipinski definition) is 3. The van der Waals surface area contributed by atoms with Crippen molar-refractivity contribution in [1.29, 1.82) is 0 Å². The molecule has 1 aliphatic rings. The summed E-state index contributed by atoms with van der Waals surface area (Å²) in [7, 11) is 1.74. The molecule has 90 valence electrons. The van der Waals surface area contributed by atoms with Gasteiger partial charge in [-0.3, -0.25) is 4.68 Å². The summed E-state index contributed by atoms with van der Waals surface area (Å²) in [6.07, 6.45) is 5.67. The van der Waals surface area contributed by atoms with Crippen LogP contribution in [0.5, 0.6) is 0 Å². The number of ether oxygens (including phenoxy) is 1. The summed E-state index contributed by atoms with van der Waals surface area (Å²) < 4.78 is 7.12. The summed E-state index contributed by atoms with van der Waals surface area (Å²) in [5.74, 6) is 0. The Balaban J connectivity index is 1.83. The summed E-state index contributed by atoms with van der Waals surface area (Å²) in [6, 6.07) is 0.760. The van der Waals surface area contributed by atoms with Crippen molar-refractivity contribution >= 4 is 0 Å². The second-order valence-corrected chi connectivity index (χ2v) is 4.48. The minimum Gasteiger partial charge on any atom is -0.385 e. The maximum Gasteiger partial charge on any atom is 0.0537 e. The van der Waals surface area contributed by atoms with Gasteiger partial charge in [0.05, 0.1) is 6.20 Å². The average molecular weight is 223 g/mol. The molecule has 2 rings (SSSR count). The van der Waals surface area contributed by atoms with Crippen LogP contribution in [0.1, 0.15) is 30.5 Å². The standard InChI is InChI=1S/C12H21N3O/c1-10-11(8-13-12-4-5-12)9-14-15(10)6-3-7-16-2/h9,12-13H,3-8H2,1-2H3. The van der Waals surface area contributed by atoms with Gasteiger partial charge in [0.15, 0.2) is 0 Å². The van der Waals surface area contributed by atoms with E-state index in [1.54, 1.807) is 7.11 Å². The fourth-order valence-corrected chi connectivity index (χ4v) is 1.78. The van der Waals surface area contributed by atoms with Crippen molar-refractivity contribution in [3.05, 3.63) is 17.5 Å². The molecule has 16 heavy (non-hydrogen) atoms. The van der Waals surface area contributed by atoms with E-state index in [0.29, 0.717) is 0 Å². The van der Waals surface area contributed by atoms with Crippen molar-refractivity contribution in [3.63, 3.8) is 0 Å². The number of methoxy groups -OCH3 is 1. The van der Waals surface area contributed by atoms with Crippen molar-refractivity contribution in [2.75, 3.05) is 13.7 Å². The molecule has 0 amide bonds. The number of nitrogens with zero attached hydrogens (tertiary/aromatic N) is 2. The van der Waals surface area contributed by atoms with Gasteiger partial charge in [0, 0.05) is 44.1 Å². The molecule has 1 aromatic heterocycles. The largest absolute Gasteiger partial charge is 0.385 e. The minimum atomic E-state index is 0.760. The van der Waals surface area contributed by atoms with Crippen molar-refractivity contribution in [2.45, 2.75) is 45.3 Å². The summed E-state index contributed by atoms with van der Waals surface area (Å²) in [4.78, 5) is 0. The van der Waals surface area contributed by atoms with Gasteiger partial charge in [-0.1, -0.05) is 0 Å². The zero-order valence-corrected chi connectivity index (χ0v) is 10.2. The van der Waals surface area contributed by atoms with E-state index in [1.165, 1.54) is 24.1 Å². The van der Waals surface area contributed by atoms with Gasteiger partial charge < -0.3 is 10.1 Å². The molecule has 1 saturated carbocycles. The first kappa shape index (κ1) is 11.6. The third-order valence-corrected chi connectivity index (χ3v) is 3.08. The van der Waals surface area contributed by atoms with Gasteiger partial charge >= 0.3 is 0 Å². The van der Waals surface area contributed by atoms with E-state index in [9.17, 15) is 0 Å². The number of hydrogen-bond donors (Lipinski definition) is 1. The van der Waals surface area contributed by atoms with Crippen LogP contribution in [0.4, 0.5) is 0 Å². The molecule has 0 spiro atoms. The molecule has 0 aliphatic heterocycles. The summed E-state index contributed by atoms with van der Waals surface area (Å²) >= 11 is 0. The molecular weight excluding hydrogens is 202 g/mol. The Morgan fingerprint density at radius 1 is 1.56 bits per heavy atom. The highest BCUT2D eigenvalue weighted by Crippen LogP contribution is 2.19. The molecule has 1 heterocycles. The van der Waals surface area contributed by atoms with Gasteiger partial charge in [0.1, 0.15) is 0 Å². The van der Waals surface area contributed by atoms with Crippen molar-refractivity contribution in [3.8, 4) is 0 Å². The average Bonchev–Trinajstić information content (AvgIpc) is 3.04. The zero-order valence-electron chi connectivity index (χ0n) is 10.2. The normalized spacial score (nSPS) is 15.6. The lowest BCUT2D eigenvalue weighted by atomic mass is 10.2. The number of aryl methyl sites for hydroxylation is 1. The van der Waals surface area contributed by atoms with Crippen LogP contribution < -0.4 is 5.32 Å². The highest BCUT2D eigenvalue weighted by atomic mass is 16.5. The molecule has 1 aromatic rings. The van der Waals surface area contributed by atoms with E-state index in [-0.39, 0.29) is 0 Å². The monoisotopic (exact) mass is 223 g/mol. The van der Waals surface area contributed by atoms with E-state index in [4.69, 9.17) is 4.74 Å². The first-order valence-corrected chi connectivity index (χ1v) is 6.05. The predicted octanol–water partition coefficient (Wildman–Crippen LogP) is 1.48.